The van der Waals surface area contributed by atoms with E-state index in [1.54, 1.807) is 11.8 Å². The van der Waals surface area contributed by atoms with Crippen molar-refractivity contribution in [3.05, 3.63) is 0 Å². The molecule has 114 valence electrons. The van der Waals surface area contributed by atoms with Crippen LogP contribution < -0.4 is 16.4 Å². The summed E-state index contributed by atoms with van der Waals surface area (Å²) in [7, 11) is 0. The van der Waals surface area contributed by atoms with E-state index in [-0.39, 0.29) is 11.9 Å². The van der Waals surface area contributed by atoms with Crippen molar-refractivity contribution in [2.75, 3.05) is 12.0 Å². The highest BCUT2D eigenvalue weighted by Gasteiger charge is 2.35. The van der Waals surface area contributed by atoms with Gasteiger partial charge in [-0.25, -0.2) is 4.79 Å². The number of aliphatic carboxylic acids is 1. The molecule has 1 rings (SSSR count). The molecule has 0 aromatic rings. The van der Waals surface area contributed by atoms with E-state index < -0.39 is 24.0 Å². The average molecular weight is 303 g/mol. The number of carboxylic acids is 1. The van der Waals surface area contributed by atoms with Crippen molar-refractivity contribution in [3.63, 3.8) is 0 Å². The number of carboxylic acid groups (broad SMARTS) is 1. The van der Waals surface area contributed by atoms with Gasteiger partial charge in [-0.05, 0) is 31.3 Å². The van der Waals surface area contributed by atoms with Crippen LogP contribution in [0.1, 0.15) is 25.7 Å². The average Bonchev–Trinajstić information content (AvgIpc) is 2.82. The molecule has 8 heteroatoms. The standard InChI is InChI=1S/C12H21N3O4S/c1-20-6-5-9(15-12(13)19)10(16)14-8-4-2-3-7(8)11(17)18/h7-9H,2-6H2,1H3,(H,14,16)(H,17,18)(H3,13,15,19). The summed E-state index contributed by atoms with van der Waals surface area (Å²) in [6.07, 6.45) is 4.35. The molecule has 3 amide bonds. The van der Waals surface area contributed by atoms with E-state index in [9.17, 15) is 14.4 Å². The minimum atomic E-state index is -0.892. The number of primary amides is 1. The Morgan fingerprint density at radius 1 is 1.40 bits per heavy atom. The molecular formula is C12H21N3O4S. The molecule has 0 bridgehead atoms. The number of rotatable bonds is 7. The van der Waals surface area contributed by atoms with Gasteiger partial charge in [-0.15, -0.1) is 0 Å². The van der Waals surface area contributed by atoms with E-state index in [4.69, 9.17) is 10.8 Å². The topological polar surface area (TPSA) is 122 Å². The monoisotopic (exact) mass is 303 g/mol. The first kappa shape index (κ1) is 16.6. The maximum Gasteiger partial charge on any atom is 0.312 e. The van der Waals surface area contributed by atoms with E-state index in [1.807, 2.05) is 6.26 Å². The molecule has 0 aliphatic heterocycles. The Hall–Kier alpha value is -1.44. The van der Waals surface area contributed by atoms with Crippen molar-refractivity contribution in [2.45, 2.75) is 37.8 Å². The van der Waals surface area contributed by atoms with Crippen molar-refractivity contribution >= 4 is 29.7 Å². The highest BCUT2D eigenvalue weighted by Crippen LogP contribution is 2.25. The fourth-order valence-electron chi connectivity index (χ4n) is 2.39. The molecule has 0 heterocycles. The van der Waals surface area contributed by atoms with Gasteiger partial charge in [0.15, 0.2) is 0 Å². The number of carbonyl (C=O) groups is 3. The highest BCUT2D eigenvalue weighted by molar-refractivity contribution is 7.98. The third-order valence-corrected chi connectivity index (χ3v) is 4.05. The Bertz CT molecular complexity index is 378. The summed E-state index contributed by atoms with van der Waals surface area (Å²) in [6.45, 7) is 0. The van der Waals surface area contributed by atoms with Crippen LogP contribution in [0, 0.1) is 5.92 Å². The van der Waals surface area contributed by atoms with E-state index in [1.165, 1.54) is 0 Å². The Balaban J connectivity index is 2.60. The van der Waals surface area contributed by atoms with Gasteiger partial charge in [0.1, 0.15) is 6.04 Å². The van der Waals surface area contributed by atoms with Gasteiger partial charge in [-0.2, -0.15) is 11.8 Å². The number of carbonyl (C=O) groups excluding carboxylic acids is 2. The van der Waals surface area contributed by atoms with Crippen LogP contribution in [0.5, 0.6) is 0 Å². The molecule has 20 heavy (non-hydrogen) atoms. The molecular weight excluding hydrogens is 282 g/mol. The third-order valence-electron chi connectivity index (χ3n) is 3.40. The lowest BCUT2D eigenvalue weighted by Gasteiger charge is -2.22. The number of amides is 3. The molecule has 1 aliphatic carbocycles. The molecule has 1 fully saturated rings. The van der Waals surface area contributed by atoms with Crippen molar-refractivity contribution in [3.8, 4) is 0 Å². The van der Waals surface area contributed by atoms with E-state index in [2.05, 4.69) is 10.6 Å². The lowest BCUT2D eigenvalue weighted by atomic mass is 10.0. The maximum absolute atomic E-state index is 12.1. The largest absolute Gasteiger partial charge is 0.481 e. The van der Waals surface area contributed by atoms with Crippen LogP contribution in [0.2, 0.25) is 0 Å². The van der Waals surface area contributed by atoms with Gasteiger partial charge in [0.05, 0.1) is 5.92 Å². The molecule has 5 N–H and O–H groups in total. The fraction of sp³-hybridized carbons (Fsp3) is 0.750. The van der Waals surface area contributed by atoms with Gasteiger partial charge in [0, 0.05) is 6.04 Å². The van der Waals surface area contributed by atoms with Crippen LogP contribution in [0.15, 0.2) is 0 Å². The molecule has 0 aromatic heterocycles. The predicted octanol–water partition coefficient (Wildman–Crippen LogP) is 0.146. The first-order valence-electron chi connectivity index (χ1n) is 6.53. The van der Waals surface area contributed by atoms with E-state index in [0.29, 0.717) is 25.0 Å². The van der Waals surface area contributed by atoms with E-state index >= 15 is 0 Å². The Morgan fingerprint density at radius 2 is 2.10 bits per heavy atom. The van der Waals surface area contributed by atoms with Crippen molar-refractivity contribution in [1.82, 2.24) is 10.6 Å². The van der Waals surface area contributed by atoms with Crippen LogP contribution >= 0.6 is 11.8 Å². The Morgan fingerprint density at radius 3 is 2.65 bits per heavy atom. The van der Waals surface area contributed by atoms with Crippen LogP contribution in [0.4, 0.5) is 4.79 Å². The Kier molecular flexibility index (Phi) is 6.63. The highest BCUT2D eigenvalue weighted by atomic mass is 32.2. The fourth-order valence-corrected chi connectivity index (χ4v) is 2.86. The summed E-state index contributed by atoms with van der Waals surface area (Å²) in [4.78, 5) is 34.1. The van der Waals surface area contributed by atoms with Gasteiger partial charge in [0.25, 0.3) is 0 Å². The van der Waals surface area contributed by atoms with Gasteiger partial charge in [-0.1, -0.05) is 6.42 Å². The molecule has 7 nitrogen and oxygen atoms in total. The first-order chi connectivity index (χ1) is 9.45. The molecule has 0 spiro atoms. The zero-order chi connectivity index (χ0) is 15.1. The summed E-state index contributed by atoms with van der Waals surface area (Å²) in [5, 5.41) is 14.2. The van der Waals surface area contributed by atoms with Crippen molar-refractivity contribution in [1.29, 1.82) is 0 Å². The molecule has 0 saturated heterocycles. The summed E-state index contributed by atoms with van der Waals surface area (Å²) in [6, 6.07) is -1.84. The van der Waals surface area contributed by atoms with Crippen LogP contribution in [-0.4, -0.2) is 47.1 Å². The van der Waals surface area contributed by atoms with Gasteiger partial charge >= 0.3 is 12.0 Å². The quantitative estimate of drug-likeness (QED) is 0.533. The SMILES string of the molecule is CSCCC(NC(N)=O)C(=O)NC1CCCC1C(=O)O. The minimum absolute atomic E-state index is 0.365. The number of nitrogens with two attached hydrogens (primary N) is 1. The second-order valence-electron chi connectivity index (χ2n) is 4.83. The zero-order valence-electron chi connectivity index (χ0n) is 11.4. The van der Waals surface area contributed by atoms with Crippen molar-refractivity contribution < 1.29 is 19.5 Å². The summed E-state index contributed by atoms with van der Waals surface area (Å²) >= 11 is 1.56. The summed E-state index contributed by atoms with van der Waals surface area (Å²) in [5.41, 5.74) is 5.06. The maximum atomic E-state index is 12.1. The van der Waals surface area contributed by atoms with Crippen molar-refractivity contribution in [2.24, 2.45) is 11.7 Å². The third kappa shape index (κ3) is 4.92. The van der Waals surface area contributed by atoms with Gasteiger partial charge in [-0.3, -0.25) is 9.59 Å². The predicted molar refractivity (Wildman–Crippen MR) is 76.4 cm³/mol. The van der Waals surface area contributed by atoms with Crippen LogP contribution in [-0.2, 0) is 9.59 Å². The number of urea groups is 1. The lowest BCUT2D eigenvalue weighted by molar-refractivity contribution is -0.142. The smallest absolute Gasteiger partial charge is 0.312 e. The van der Waals surface area contributed by atoms with E-state index in [0.717, 1.165) is 6.42 Å². The molecule has 1 saturated carbocycles. The summed E-state index contributed by atoms with van der Waals surface area (Å²) < 4.78 is 0. The van der Waals surface area contributed by atoms with Gasteiger partial charge < -0.3 is 21.5 Å². The second-order valence-corrected chi connectivity index (χ2v) is 5.82. The first-order valence-corrected chi connectivity index (χ1v) is 7.93. The molecule has 3 unspecified atom stereocenters. The molecule has 1 aliphatic rings. The number of nitrogens with one attached hydrogen (secondary N) is 2. The molecule has 0 radical (unpaired) electrons. The van der Waals surface area contributed by atoms with Gasteiger partial charge in [0.2, 0.25) is 5.91 Å². The molecule has 0 aromatic carbocycles. The molecule has 3 atom stereocenters. The number of hydrogen-bond donors (Lipinski definition) is 4. The Labute approximate surface area is 122 Å². The van der Waals surface area contributed by atoms with Crippen LogP contribution in [0.25, 0.3) is 0 Å². The minimum Gasteiger partial charge on any atom is -0.481 e. The normalized spacial score (nSPS) is 23.1. The van der Waals surface area contributed by atoms with Crippen LogP contribution in [0.3, 0.4) is 0 Å². The zero-order valence-corrected chi connectivity index (χ0v) is 12.2. The lowest BCUT2D eigenvalue weighted by Crippen LogP contribution is -2.52. The second kappa shape index (κ2) is 7.98. The number of hydrogen-bond acceptors (Lipinski definition) is 4. The number of thioether (sulfide) groups is 1. The summed E-state index contributed by atoms with van der Waals surface area (Å²) in [5.74, 6) is -1.10.